The zero-order valence-corrected chi connectivity index (χ0v) is 17.0. The summed E-state index contributed by atoms with van der Waals surface area (Å²) in [5, 5.41) is 20.7. The summed E-state index contributed by atoms with van der Waals surface area (Å²) in [6.45, 7) is 4.58. The molecule has 5 heteroatoms. The molecule has 0 radical (unpaired) electrons. The average Bonchev–Trinajstić information content (AvgIpc) is 3.23. The molecule has 0 unspecified atom stereocenters. The summed E-state index contributed by atoms with van der Waals surface area (Å²) in [6, 6.07) is 20.4. The molecule has 0 N–H and O–H groups in total. The standard InChI is InChI=1S/C24H18N4S/c1-16-17(2)29-24(22(16)12-26)27-13-20-15-28(23-10-6-5-9-21(20)23)14-19-8-4-3-7-18(19)11-25/h3-10,13,15H,14H2,1-2H3. The lowest BCUT2D eigenvalue weighted by Gasteiger charge is -2.07. The number of aliphatic imine (C=N–C) groups is 1. The van der Waals surface area contributed by atoms with Crippen molar-refractivity contribution in [1.82, 2.24) is 4.57 Å². The van der Waals surface area contributed by atoms with Crippen LogP contribution in [0.2, 0.25) is 0 Å². The van der Waals surface area contributed by atoms with Crippen LogP contribution in [-0.2, 0) is 6.54 Å². The van der Waals surface area contributed by atoms with Gasteiger partial charge in [-0.3, -0.25) is 0 Å². The van der Waals surface area contributed by atoms with Crippen LogP contribution in [0.3, 0.4) is 0 Å². The number of hydrogen-bond acceptors (Lipinski definition) is 4. The second-order valence-electron chi connectivity index (χ2n) is 6.83. The van der Waals surface area contributed by atoms with Crippen LogP contribution in [0.4, 0.5) is 5.00 Å². The highest BCUT2D eigenvalue weighted by molar-refractivity contribution is 7.16. The number of thiophene rings is 1. The first kappa shape index (κ1) is 18.7. The number of aromatic nitrogens is 1. The lowest BCUT2D eigenvalue weighted by molar-refractivity contribution is 0.834. The minimum absolute atomic E-state index is 0.610. The molecule has 0 spiro atoms. The van der Waals surface area contributed by atoms with Crippen LogP contribution in [-0.4, -0.2) is 10.8 Å². The van der Waals surface area contributed by atoms with Gasteiger partial charge in [0, 0.05) is 40.3 Å². The van der Waals surface area contributed by atoms with Gasteiger partial charge in [0.05, 0.1) is 17.2 Å². The quantitative estimate of drug-likeness (QED) is 0.407. The topological polar surface area (TPSA) is 64.9 Å². The maximum absolute atomic E-state index is 9.45. The lowest BCUT2D eigenvalue weighted by Crippen LogP contribution is -2.00. The van der Waals surface area contributed by atoms with E-state index in [0.29, 0.717) is 17.7 Å². The van der Waals surface area contributed by atoms with Crippen LogP contribution >= 0.6 is 11.3 Å². The van der Waals surface area contributed by atoms with Crippen LogP contribution in [0.5, 0.6) is 0 Å². The van der Waals surface area contributed by atoms with Crippen molar-refractivity contribution in [2.24, 2.45) is 4.99 Å². The highest BCUT2D eigenvalue weighted by atomic mass is 32.1. The number of nitriles is 2. The lowest BCUT2D eigenvalue weighted by atomic mass is 10.1. The second-order valence-corrected chi connectivity index (χ2v) is 8.04. The Kier molecular flexibility index (Phi) is 4.99. The molecule has 0 aliphatic rings. The molecular formula is C24H18N4S. The summed E-state index contributed by atoms with van der Waals surface area (Å²) < 4.78 is 2.14. The molecule has 2 aromatic heterocycles. The van der Waals surface area contributed by atoms with Crippen molar-refractivity contribution in [3.8, 4) is 12.1 Å². The molecule has 4 nitrogen and oxygen atoms in total. The Morgan fingerprint density at radius 1 is 1.03 bits per heavy atom. The molecule has 0 atom stereocenters. The van der Waals surface area contributed by atoms with Crippen molar-refractivity contribution in [3.05, 3.63) is 87.4 Å². The summed E-state index contributed by atoms with van der Waals surface area (Å²) in [7, 11) is 0. The van der Waals surface area contributed by atoms with Gasteiger partial charge in [0.25, 0.3) is 0 Å². The minimum atomic E-state index is 0.610. The predicted molar refractivity (Wildman–Crippen MR) is 118 cm³/mol. The van der Waals surface area contributed by atoms with Gasteiger partial charge in [-0.2, -0.15) is 10.5 Å². The number of benzene rings is 2. The number of hydrogen-bond donors (Lipinski definition) is 0. The number of fused-ring (bicyclic) bond motifs is 1. The van der Waals surface area contributed by atoms with E-state index in [9.17, 15) is 10.5 Å². The maximum Gasteiger partial charge on any atom is 0.134 e. The number of aryl methyl sites for hydroxylation is 1. The van der Waals surface area contributed by atoms with E-state index in [-0.39, 0.29) is 0 Å². The Morgan fingerprint density at radius 2 is 1.79 bits per heavy atom. The van der Waals surface area contributed by atoms with Gasteiger partial charge >= 0.3 is 0 Å². The fraction of sp³-hybridized carbons (Fsp3) is 0.125. The van der Waals surface area contributed by atoms with Crippen LogP contribution in [0.25, 0.3) is 10.9 Å². The Bertz CT molecular complexity index is 1330. The zero-order valence-electron chi connectivity index (χ0n) is 16.2. The first-order valence-electron chi connectivity index (χ1n) is 9.22. The van der Waals surface area contributed by atoms with Crippen LogP contribution in [0, 0.1) is 36.5 Å². The maximum atomic E-state index is 9.45. The molecule has 2 aromatic carbocycles. The summed E-state index contributed by atoms with van der Waals surface area (Å²) in [4.78, 5) is 5.75. The van der Waals surface area contributed by atoms with Crippen molar-refractivity contribution >= 4 is 33.5 Å². The van der Waals surface area contributed by atoms with Crippen molar-refractivity contribution in [1.29, 1.82) is 10.5 Å². The van der Waals surface area contributed by atoms with E-state index >= 15 is 0 Å². The van der Waals surface area contributed by atoms with Gasteiger partial charge in [0.2, 0.25) is 0 Å². The summed E-state index contributed by atoms with van der Waals surface area (Å²) in [5.74, 6) is 0. The molecule has 0 amide bonds. The molecule has 0 saturated heterocycles. The molecule has 0 aliphatic carbocycles. The Labute approximate surface area is 173 Å². The first-order chi connectivity index (χ1) is 14.1. The van der Waals surface area contributed by atoms with Gasteiger partial charge < -0.3 is 4.57 Å². The van der Waals surface area contributed by atoms with Gasteiger partial charge in [-0.1, -0.05) is 36.4 Å². The molecule has 0 fully saturated rings. The fourth-order valence-electron chi connectivity index (χ4n) is 3.42. The fourth-order valence-corrected chi connectivity index (χ4v) is 4.37. The zero-order chi connectivity index (χ0) is 20.4. The predicted octanol–water partition coefficient (Wildman–Crippen LogP) is 5.86. The van der Waals surface area contributed by atoms with E-state index in [2.05, 4.69) is 40.0 Å². The molecule has 0 aliphatic heterocycles. The number of nitrogens with zero attached hydrogens (tertiary/aromatic N) is 4. The van der Waals surface area contributed by atoms with Gasteiger partial charge in [0.15, 0.2) is 0 Å². The van der Waals surface area contributed by atoms with Gasteiger partial charge in [-0.25, -0.2) is 4.99 Å². The molecule has 0 bridgehead atoms. The summed E-state index contributed by atoms with van der Waals surface area (Å²) >= 11 is 1.54. The van der Waals surface area contributed by atoms with E-state index < -0.39 is 0 Å². The van der Waals surface area contributed by atoms with Gasteiger partial charge in [-0.15, -0.1) is 11.3 Å². The summed E-state index contributed by atoms with van der Waals surface area (Å²) in [6.07, 6.45) is 3.89. The first-order valence-corrected chi connectivity index (χ1v) is 10.0. The number of para-hydroxylation sites is 1. The van der Waals surface area contributed by atoms with Crippen molar-refractivity contribution in [2.75, 3.05) is 0 Å². The van der Waals surface area contributed by atoms with E-state index in [1.807, 2.05) is 56.5 Å². The van der Waals surface area contributed by atoms with Gasteiger partial charge in [-0.05, 0) is 37.1 Å². The van der Waals surface area contributed by atoms with Crippen LogP contribution in [0.1, 0.15) is 32.7 Å². The Balaban J connectivity index is 1.77. The summed E-state index contributed by atoms with van der Waals surface area (Å²) in [5.41, 5.74) is 5.39. The largest absolute Gasteiger partial charge is 0.342 e. The third-order valence-electron chi connectivity index (χ3n) is 5.10. The number of rotatable bonds is 4. The van der Waals surface area contributed by atoms with Gasteiger partial charge in [0.1, 0.15) is 11.1 Å². The molecular weight excluding hydrogens is 376 g/mol. The third-order valence-corrected chi connectivity index (χ3v) is 6.21. The van der Waals surface area contributed by atoms with E-state index in [0.717, 1.165) is 37.5 Å². The Morgan fingerprint density at radius 3 is 2.59 bits per heavy atom. The Hall–Kier alpha value is -3.67. The highest BCUT2D eigenvalue weighted by Crippen LogP contribution is 2.34. The minimum Gasteiger partial charge on any atom is -0.342 e. The highest BCUT2D eigenvalue weighted by Gasteiger charge is 2.12. The molecule has 4 rings (SSSR count). The van der Waals surface area contributed by atoms with Crippen molar-refractivity contribution in [2.45, 2.75) is 20.4 Å². The second kappa shape index (κ2) is 7.75. The van der Waals surface area contributed by atoms with E-state index in [4.69, 9.17) is 0 Å². The molecule has 140 valence electrons. The van der Waals surface area contributed by atoms with Crippen LogP contribution in [0.15, 0.2) is 59.7 Å². The molecule has 29 heavy (non-hydrogen) atoms. The normalized spacial score (nSPS) is 11.0. The van der Waals surface area contributed by atoms with Crippen molar-refractivity contribution in [3.63, 3.8) is 0 Å². The third kappa shape index (κ3) is 3.45. The van der Waals surface area contributed by atoms with Crippen LogP contribution < -0.4 is 0 Å². The van der Waals surface area contributed by atoms with E-state index in [1.165, 1.54) is 0 Å². The monoisotopic (exact) mass is 394 g/mol. The molecule has 2 heterocycles. The van der Waals surface area contributed by atoms with E-state index in [1.54, 1.807) is 11.3 Å². The SMILES string of the molecule is Cc1sc(N=Cc2cn(Cc3ccccc3C#N)c3ccccc23)c(C#N)c1C. The molecule has 0 saturated carbocycles. The van der Waals surface area contributed by atoms with Crippen molar-refractivity contribution < 1.29 is 0 Å². The smallest absolute Gasteiger partial charge is 0.134 e. The average molecular weight is 395 g/mol. The molecule has 4 aromatic rings.